The highest BCUT2D eigenvalue weighted by Crippen LogP contribution is 2.32. The summed E-state index contributed by atoms with van der Waals surface area (Å²) < 4.78 is 12.4. The van der Waals surface area contributed by atoms with E-state index in [1.807, 2.05) is 36.7 Å². The van der Waals surface area contributed by atoms with E-state index in [4.69, 9.17) is 14.5 Å². The first-order valence-electron chi connectivity index (χ1n) is 10.7. The molecular weight excluding hydrogens is 422 g/mol. The molecule has 0 bridgehead atoms. The monoisotopic (exact) mass is 449 g/mol. The van der Waals surface area contributed by atoms with Gasteiger partial charge in [0.25, 0.3) is 0 Å². The van der Waals surface area contributed by atoms with Gasteiger partial charge in [0.1, 0.15) is 0 Å². The van der Waals surface area contributed by atoms with Crippen LogP contribution in [0.3, 0.4) is 0 Å². The predicted molar refractivity (Wildman–Crippen MR) is 127 cm³/mol. The molecule has 2 N–H and O–H groups in total. The molecule has 4 rings (SSSR count). The van der Waals surface area contributed by atoms with Gasteiger partial charge in [-0.15, -0.1) is 0 Å². The zero-order valence-electron chi connectivity index (χ0n) is 18.5. The molecule has 0 aliphatic carbocycles. The Morgan fingerprint density at radius 2 is 2.12 bits per heavy atom. The zero-order valence-corrected chi connectivity index (χ0v) is 18.5. The second-order valence-corrected chi connectivity index (χ2v) is 7.41. The molecule has 3 heterocycles. The van der Waals surface area contributed by atoms with Gasteiger partial charge in [0.05, 0.1) is 55.8 Å². The van der Waals surface area contributed by atoms with E-state index in [0.717, 1.165) is 35.7 Å². The lowest BCUT2D eigenvalue weighted by Crippen LogP contribution is -2.36. The molecule has 1 aliphatic heterocycles. The van der Waals surface area contributed by atoms with Gasteiger partial charge in [-0.3, -0.25) is 9.48 Å². The maximum absolute atomic E-state index is 11.8. The Morgan fingerprint density at radius 1 is 1.27 bits per heavy atom. The molecule has 1 amide bonds. The molecule has 1 aliphatic rings. The fourth-order valence-electron chi connectivity index (χ4n) is 3.49. The Balaban J connectivity index is 1.65. The summed E-state index contributed by atoms with van der Waals surface area (Å²) in [6, 6.07) is 7.56. The first kappa shape index (κ1) is 22.4. The molecule has 1 saturated heterocycles. The van der Waals surface area contributed by atoms with E-state index in [-0.39, 0.29) is 5.91 Å². The standard InChI is InChI=1S/C23H27N7O3/c1-3-21(31)26-18-6-4-5-17(13-18)22-20(29-7-11-33-12-8-29)15-24-23(28-22)27-19-14-25-30(16-19)9-10-32-2/h3-6,13-16H,1,7-12H2,2H3,(H,26,31)(H,24,27,28). The van der Waals surface area contributed by atoms with E-state index in [2.05, 4.69) is 32.2 Å². The van der Waals surface area contributed by atoms with Crippen LogP contribution in [-0.2, 0) is 20.8 Å². The molecule has 1 fully saturated rings. The van der Waals surface area contributed by atoms with Crippen molar-refractivity contribution in [2.75, 3.05) is 55.6 Å². The van der Waals surface area contributed by atoms with Crippen LogP contribution in [-0.4, -0.2) is 65.7 Å². The van der Waals surface area contributed by atoms with Crippen LogP contribution in [0.5, 0.6) is 0 Å². The molecule has 33 heavy (non-hydrogen) atoms. The molecule has 0 spiro atoms. The minimum absolute atomic E-state index is 0.268. The van der Waals surface area contributed by atoms with E-state index >= 15 is 0 Å². The fraction of sp³-hybridized carbons (Fsp3) is 0.304. The van der Waals surface area contributed by atoms with E-state index < -0.39 is 0 Å². The average molecular weight is 450 g/mol. The Morgan fingerprint density at radius 3 is 2.91 bits per heavy atom. The first-order chi connectivity index (χ1) is 16.2. The van der Waals surface area contributed by atoms with Crippen molar-refractivity contribution in [1.29, 1.82) is 0 Å². The summed E-state index contributed by atoms with van der Waals surface area (Å²) in [7, 11) is 1.66. The summed E-state index contributed by atoms with van der Waals surface area (Å²) in [5, 5.41) is 10.3. The van der Waals surface area contributed by atoms with Crippen LogP contribution in [0, 0.1) is 0 Å². The Bertz CT molecular complexity index is 1110. The van der Waals surface area contributed by atoms with E-state index in [0.29, 0.717) is 38.0 Å². The molecule has 2 aromatic heterocycles. The number of hydrogen-bond donors (Lipinski definition) is 2. The lowest BCUT2D eigenvalue weighted by Gasteiger charge is -2.30. The summed E-state index contributed by atoms with van der Waals surface area (Å²) >= 11 is 0. The number of anilines is 4. The van der Waals surface area contributed by atoms with Crippen LogP contribution in [0.25, 0.3) is 11.3 Å². The lowest BCUT2D eigenvalue weighted by atomic mass is 10.1. The number of hydrogen-bond acceptors (Lipinski definition) is 8. The lowest BCUT2D eigenvalue weighted by molar-refractivity contribution is -0.111. The summed E-state index contributed by atoms with van der Waals surface area (Å²) in [6.07, 6.45) is 6.66. The maximum Gasteiger partial charge on any atom is 0.247 e. The second-order valence-electron chi connectivity index (χ2n) is 7.41. The number of aromatic nitrogens is 4. The summed E-state index contributed by atoms with van der Waals surface area (Å²) in [4.78, 5) is 23.3. The van der Waals surface area contributed by atoms with Crippen LogP contribution >= 0.6 is 0 Å². The van der Waals surface area contributed by atoms with Crippen LogP contribution in [0.1, 0.15) is 0 Å². The number of amides is 1. The zero-order chi connectivity index (χ0) is 23.0. The summed E-state index contributed by atoms with van der Waals surface area (Å²) in [6.45, 7) is 7.54. The van der Waals surface area contributed by atoms with Crippen LogP contribution in [0.4, 0.5) is 23.0 Å². The van der Waals surface area contributed by atoms with Crippen molar-refractivity contribution < 1.29 is 14.3 Å². The maximum atomic E-state index is 11.8. The van der Waals surface area contributed by atoms with Gasteiger partial charge in [-0.25, -0.2) is 9.97 Å². The second kappa shape index (κ2) is 10.7. The van der Waals surface area contributed by atoms with Gasteiger partial charge in [-0.05, 0) is 18.2 Å². The van der Waals surface area contributed by atoms with Gasteiger partial charge >= 0.3 is 0 Å². The molecule has 3 aromatic rings. The predicted octanol–water partition coefficient (Wildman–Crippen LogP) is 2.69. The highest BCUT2D eigenvalue weighted by Gasteiger charge is 2.19. The molecule has 10 nitrogen and oxygen atoms in total. The van der Waals surface area contributed by atoms with Crippen molar-refractivity contribution in [2.24, 2.45) is 0 Å². The number of carbonyl (C=O) groups excluding carboxylic acids is 1. The minimum Gasteiger partial charge on any atom is -0.383 e. The number of methoxy groups -OCH3 is 1. The molecule has 0 radical (unpaired) electrons. The number of carbonyl (C=O) groups is 1. The van der Waals surface area contributed by atoms with Gasteiger partial charge in [-0.1, -0.05) is 18.7 Å². The Kier molecular flexibility index (Phi) is 7.28. The van der Waals surface area contributed by atoms with Crippen LogP contribution in [0.2, 0.25) is 0 Å². The molecular formula is C23H27N7O3. The quantitative estimate of drug-likeness (QED) is 0.480. The summed E-state index contributed by atoms with van der Waals surface area (Å²) in [5.74, 6) is 0.185. The van der Waals surface area contributed by atoms with Gasteiger partial charge in [0.15, 0.2) is 0 Å². The smallest absolute Gasteiger partial charge is 0.247 e. The molecule has 0 unspecified atom stereocenters. The molecule has 1 aromatic carbocycles. The van der Waals surface area contributed by atoms with Crippen molar-refractivity contribution >= 4 is 28.9 Å². The van der Waals surface area contributed by atoms with Crippen molar-refractivity contribution in [3.63, 3.8) is 0 Å². The largest absolute Gasteiger partial charge is 0.383 e. The third-order valence-electron chi connectivity index (χ3n) is 5.12. The molecule has 10 heteroatoms. The number of benzene rings is 1. The number of morpholine rings is 1. The van der Waals surface area contributed by atoms with Gasteiger partial charge < -0.3 is 25.0 Å². The van der Waals surface area contributed by atoms with Crippen molar-refractivity contribution in [3.05, 3.63) is 55.5 Å². The van der Waals surface area contributed by atoms with Gasteiger partial charge in [-0.2, -0.15) is 5.10 Å². The molecule has 172 valence electrons. The van der Waals surface area contributed by atoms with Crippen LogP contribution < -0.4 is 15.5 Å². The minimum atomic E-state index is -0.268. The fourth-order valence-corrected chi connectivity index (χ4v) is 3.49. The number of nitrogens with one attached hydrogen (secondary N) is 2. The number of nitrogens with zero attached hydrogens (tertiary/aromatic N) is 5. The first-order valence-corrected chi connectivity index (χ1v) is 10.7. The van der Waals surface area contributed by atoms with Crippen molar-refractivity contribution in [2.45, 2.75) is 6.54 Å². The average Bonchev–Trinajstić information content (AvgIpc) is 3.30. The van der Waals surface area contributed by atoms with E-state index in [9.17, 15) is 4.79 Å². The Labute approximate surface area is 192 Å². The number of ether oxygens (including phenoxy) is 2. The van der Waals surface area contributed by atoms with Crippen molar-refractivity contribution in [3.8, 4) is 11.3 Å². The SMILES string of the molecule is C=CC(=O)Nc1cccc(-c2nc(Nc3cnn(CCOC)c3)ncc2N2CCOCC2)c1. The third kappa shape index (κ3) is 5.73. The summed E-state index contributed by atoms with van der Waals surface area (Å²) in [5.41, 5.74) is 3.98. The molecule has 0 saturated carbocycles. The number of rotatable bonds is 9. The highest BCUT2D eigenvalue weighted by atomic mass is 16.5. The third-order valence-corrected chi connectivity index (χ3v) is 5.12. The van der Waals surface area contributed by atoms with E-state index in [1.165, 1.54) is 6.08 Å². The highest BCUT2D eigenvalue weighted by molar-refractivity contribution is 5.99. The normalized spacial score (nSPS) is 13.5. The topological polar surface area (TPSA) is 106 Å². The van der Waals surface area contributed by atoms with Gasteiger partial charge in [0.2, 0.25) is 11.9 Å². The Hall–Kier alpha value is -3.76. The molecule has 0 atom stereocenters. The van der Waals surface area contributed by atoms with E-state index in [1.54, 1.807) is 18.0 Å². The van der Waals surface area contributed by atoms with Crippen LogP contribution in [0.15, 0.2) is 55.5 Å². The van der Waals surface area contributed by atoms with Gasteiger partial charge in [0, 0.05) is 37.6 Å². The van der Waals surface area contributed by atoms with Crippen molar-refractivity contribution in [1.82, 2.24) is 19.7 Å².